The van der Waals surface area contributed by atoms with E-state index in [1.807, 2.05) is 39.0 Å². The van der Waals surface area contributed by atoms with E-state index in [0.29, 0.717) is 6.54 Å². The van der Waals surface area contributed by atoms with Crippen molar-refractivity contribution >= 4 is 5.91 Å². The number of benzene rings is 1. The minimum absolute atomic E-state index is 0.00242. The zero-order chi connectivity index (χ0) is 13.5. The summed E-state index contributed by atoms with van der Waals surface area (Å²) in [6.07, 6.45) is 0. The molecule has 0 aromatic heterocycles. The first kappa shape index (κ1) is 14.5. The number of hydrogen-bond donors (Lipinski definition) is 2. The van der Waals surface area contributed by atoms with E-state index in [1.54, 1.807) is 0 Å². The van der Waals surface area contributed by atoms with Gasteiger partial charge in [0.05, 0.1) is 0 Å². The molecule has 0 aliphatic heterocycles. The maximum Gasteiger partial charge on any atom is 0.257 e. The van der Waals surface area contributed by atoms with E-state index >= 15 is 0 Å². The number of ether oxygens (including phenoxy) is 1. The van der Waals surface area contributed by atoms with Gasteiger partial charge >= 0.3 is 0 Å². The molecule has 0 saturated carbocycles. The summed E-state index contributed by atoms with van der Waals surface area (Å²) in [6, 6.07) is 5.76. The quantitative estimate of drug-likeness (QED) is 0.804. The zero-order valence-electron chi connectivity index (χ0n) is 11.2. The van der Waals surface area contributed by atoms with Crippen LogP contribution in [0.5, 0.6) is 5.75 Å². The number of aryl methyl sites for hydroxylation is 1. The Bertz CT molecular complexity index is 404. The van der Waals surface area contributed by atoms with Crippen LogP contribution in [0.4, 0.5) is 0 Å². The van der Waals surface area contributed by atoms with Gasteiger partial charge in [-0.1, -0.05) is 19.1 Å². The van der Waals surface area contributed by atoms with Crippen molar-refractivity contribution in [1.29, 1.82) is 0 Å². The predicted molar refractivity (Wildman–Crippen MR) is 70.7 cm³/mol. The molecule has 0 spiro atoms. The highest BCUT2D eigenvalue weighted by molar-refractivity contribution is 5.77. The standard InChI is InChI=1S/C14H21NO3/c1-10(8-16)7-15-14(17)9-18-13-6-4-5-11(2)12(13)3/h4-6,10,16H,7-9H2,1-3H3,(H,15,17). The Morgan fingerprint density at radius 3 is 2.83 bits per heavy atom. The first-order valence-corrected chi connectivity index (χ1v) is 6.11. The lowest BCUT2D eigenvalue weighted by Gasteiger charge is -2.12. The molecule has 4 nitrogen and oxygen atoms in total. The number of amides is 1. The van der Waals surface area contributed by atoms with Crippen LogP contribution in [-0.4, -0.2) is 30.8 Å². The van der Waals surface area contributed by atoms with E-state index in [9.17, 15) is 4.79 Å². The number of carbonyl (C=O) groups excluding carboxylic acids is 1. The molecule has 2 N–H and O–H groups in total. The molecule has 18 heavy (non-hydrogen) atoms. The van der Waals surface area contributed by atoms with Crippen molar-refractivity contribution in [1.82, 2.24) is 5.32 Å². The normalized spacial score (nSPS) is 12.0. The second-order valence-corrected chi connectivity index (χ2v) is 4.58. The van der Waals surface area contributed by atoms with Crippen LogP contribution in [0.1, 0.15) is 18.1 Å². The topological polar surface area (TPSA) is 58.6 Å². The fraction of sp³-hybridized carbons (Fsp3) is 0.500. The van der Waals surface area contributed by atoms with Crippen LogP contribution < -0.4 is 10.1 Å². The third kappa shape index (κ3) is 4.37. The molecule has 0 fully saturated rings. The van der Waals surface area contributed by atoms with Crippen molar-refractivity contribution in [3.8, 4) is 5.75 Å². The number of aliphatic hydroxyl groups excluding tert-OH is 1. The molecule has 1 unspecified atom stereocenters. The first-order valence-electron chi connectivity index (χ1n) is 6.11. The fourth-order valence-corrected chi connectivity index (χ4v) is 1.43. The second-order valence-electron chi connectivity index (χ2n) is 4.58. The summed E-state index contributed by atoms with van der Waals surface area (Å²) < 4.78 is 5.47. The molecule has 1 rings (SSSR count). The molecule has 1 atom stereocenters. The maximum absolute atomic E-state index is 11.5. The van der Waals surface area contributed by atoms with E-state index in [1.165, 1.54) is 0 Å². The van der Waals surface area contributed by atoms with Crippen molar-refractivity contribution in [2.45, 2.75) is 20.8 Å². The first-order chi connectivity index (χ1) is 8.54. The largest absolute Gasteiger partial charge is 0.483 e. The summed E-state index contributed by atoms with van der Waals surface area (Å²) >= 11 is 0. The highest BCUT2D eigenvalue weighted by Gasteiger charge is 2.07. The molecule has 1 amide bonds. The molecule has 0 heterocycles. The Balaban J connectivity index is 2.41. The van der Waals surface area contributed by atoms with Crippen LogP contribution in [-0.2, 0) is 4.79 Å². The Kier molecular flexibility index (Phi) is 5.65. The summed E-state index contributed by atoms with van der Waals surface area (Å²) in [5.41, 5.74) is 2.19. The fourth-order valence-electron chi connectivity index (χ4n) is 1.43. The van der Waals surface area contributed by atoms with Gasteiger partial charge in [0.15, 0.2) is 6.61 Å². The van der Waals surface area contributed by atoms with Gasteiger partial charge in [-0.2, -0.15) is 0 Å². The molecule has 100 valence electrons. The van der Waals surface area contributed by atoms with Gasteiger partial charge in [0.2, 0.25) is 0 Å². The van der Waals surface area contributed by atoms with Gasteiger partial charge in [-0.25, -0.2) is 0 Å². The molecule has 4 heteroatoms. The van der Waals surface area contributed by atoms with Crippen molar-refractivity contribution in [2.75, 3.05) is 19.8 Å². The minimum Gasteiger partial charge on any atom is -0.483 e. The molecule has 0 radical (unpaired) electrons. The average molecular weight is 251 g/mol. The van der Waals surface area contributed by atoms with E-state index in [2.05, 4.69) is 5.32 Å². The summed E-state index contributed by atoms with van der Waals surface area (Å²) in [5.74, 6) is 0.631. The SMILES string of the molecule is Cc1cccc(OCC(=O)NCC(C)CO)c1C. The number of aliphatic hydroxyl groups is 1. The van der Waals surface area contributed by atoms with Crippen LogP contribution in [0.2, 0.25) is 0 Å². The molecule has 0 saturated heterocycles. The van der Waals surface area contributed by atoms with Gasteiger partial charge in [0.25, 0.3) is 5.91 Å². The van der Waals surface area contributed by atoms with E-state index < -0.39 is 0 Å². The van der Waals surface area contributed by atoms with Gasteiger partial charge in [0, 0.05) is 13.2 Å². The van der Waals surface area contributed by atoms with Gasteiger partial charge in [0.1, 0.15) is 5.75 Å². The third-order valence-corrected chi connectivity index (χ3v) is 2.87. The van der Waals surface area contributed by atoms with Crippen molar-refractivity contribution in [3.63, 3.8) is 0 Å². The molecule has 1 aromatic carbocycles. The lowest BCUT2D eigenvalue weighted by atomic mass is 10.1. The smallest absolute Gasteiger partial charge is 0.257 e. The Morgan fingerprint density at radius 1 is 1.44 bits per heavy atom. The van der Waals surface area contributed by atoms with Crippen molar-refractivity contribution in [2.24, 2.45) is 5.92 Å². The van der Waals surface area contributed by atoms with Crippen molar-refractivity contribution < 1.29 is 14.6 Å². The second kappa shape index (κ2) is 7.01. The van der Waals surface area contributed by atoms with Crippen LogP contribution in [0.15, 0.2) is 18.2 Å². The van der Waals surface area contributed by atoms with Crippen LogP contribution in [0.3, 0.4) is 0 Å². The predicted octanol–water partition coefficient (Wildman–Crippen LogP) is 1.43. The molecule has 0 aliphatic rings. The Hall–Kier alpha value is -1.55. The van der Waals surface area contributed by atoms with Crippen molar-refractivity contribution in [3.05, 3.63) is 29.3 Å². The number of rotatable bonds is 6. The van der Waals surface area contributed by atoms with Gasteiger partial charge < -0.3 is 15.2 Å². The summed E-state index contributed by atoms with van der Waals surface area (Å²) in [6.45, 7) is 6.37. The van der Waals surface area contributed by atoms with Crippen LogP contribution >= 0.6 is 0 Å². The third-order valence-electron chi connectivity index (χ3n) is 2.87. The monoisotopic (exact) mass is 251 g/mol. The Morgan fingerprint density at radius 2 is 2.17 bits per heavy atom. The lowest BCUT2D eigenvalue weighted by Crippen LogP contribution is -2.33. The number of carbonyl (C=O) groups is 1. The molecular formula is C14H21NO3. The number of hydrogen-bond acceptors (Lipinski definition) is 3. The van der Waals surface area contributed by atoms with Crippen LogP contribution in [0.25, 0.3) is 0 Å². The summed E-state index contributed by atoms with van der Waals surface area (Å²) in [7, 11) is 0. The highest BCUT2D eigenvalue weighted by atomic mass is 16.5. The molecule has 0 aliphatic carbocycles. The van der Waals surface area contributed by atoms with Gasteiger partial charge in [-0.05, 0) is 37.0 Å². The number of nitrogens with one attached hydrogen (secondary N) is 1. The molecule has 1 aromatic rings. The summed E-state index contributed by atoms with van der Waals surface area (Å²) in [4.78, 5) is 11.5. The van der Waals surface area contributed by atoms with Crippen LogP contribution in [0, 0.1) is 19.8 Å². The molecule has 0 bridgehead atoms. The summed E-state index contributed by atoms with van der Waals surface area (Å²) in [5, 5.41) is 11.6. The lowest BCUT2D eigenvalue weighted by molar-refractivity contribution is -0.123. The van der Waals surface area contributed by atoms with E-state index in [0.717, 1.165) is 16.9 Å². The zero-order valence-corrected chi connectivity index (χ0v) is 11.2. The van der Waals surface area contributed by atoms with E-state index in [4.69, 9.17) is 9.84 Å². The Labute approximate surface area is 108 Å². The van der Waals surface area contributed by atoms with Gasteiger partial charge in [-0.15, -0.1) is 0 Å². The highest BCUT2D eigenvalue weighted by Crippen LogP contribution is 2.20. The minimum atomic E-state index is -0.170. The maximum atomic E-state index is 11.5. The average Bonchev–Trinajstić information content (AvgIpc) is 2.37. The van der Waals surface area contributed by atoms with Gasteiger partial charge in [-0.3, -0.25) is 4.79 Å². The molecular weight excluding hydrogens is 230 g/mol. The van der Waals surface area contributed by atoms with E-state index in [-0.39, 0.29) is 25.0 Å².